The summed E-state index contributed by atoms with van der Waals surface area (Å²) >= 11 is 0. The van der Waals surface area contributed by atoms with Crippen LogP contribution >= 0.6 is 0 Å². The molecule has 4 nitrogen and oxygen atoms in total. The fraction of sp³-hybridized carbons (Fsp3) is 0.462. The first-order valence-electron chi connectivity index (χ1n) is 5.69. The fourth-order valence-electron chi connectivity index (χ4n) is 1.87. The molecule has 0 aromatic heterocycles. The van der Waals surface area contributed by atoms with E-state index in [9.17, 15) is 4.79 Å². The monoisotopic (exact) mass is 236 g/mol. The largest absolute Gasteiger partial charge is 0.481 e. The summed E-state index contributed by atoms with van der Waals surface area (Å²) in [7, 11) is 0. The van der Waals surface area contributed by atoms with Crippen molar-refractivity contribution in [3.8, 4) is 11.5 Å². The van der Waals surface area contributed by atoms with Crippen molar-refractivity contribution in [2.75, 3.05) is 0 Å². The van der Waals surface area contributed by atoms with Gasteiger partial charge in [0.15, 0.2) is 11.5 Å². The van der Waals surface area contributed by atoms with Gasteiger partial charge in [0.25, 0.3) is 0 Å². The molecule has 0 aliphatic carbocycles. The molecule has 92 valence electrons. The van der Waals surface area contributed by atoms with Crippen LogP contribution in [0.15, 0.2) is 18.2 Å². The number of hydrogen-bond donors (Lipinski definition) is 1. The summed E-state index contributed by atoms with van der Waals surface area (Å²) < 4.78 is 11.2. The number of fused-ring (bicyclic) bond motifs is 1. The molecule has 0 amide bonds. The Hall–Kier alpha value is -1.71. The quantitative estimate of drug-likeness (QED) is 0.873. The molecule has 17 heavy (non-hydrogen) atoms. The lowest BCUT2D eigenvalue weighted by atomic mass is 10.1. The molecule has 0 radical (unpaired) electrons. The molecule has 0 saturated carbocycles. The molecule has 1 N–H and O–H groups in total. The average molecular weight is 236 g/mol. The second-order valence-corrected chi connectivity index (χ2v) is 4.63. The standard InChI is InChI=1S/C13H16O4/c1-13(2)16-10-7-6-9(8-11(10)17-13)4-3-5-12(14)15/h6-8H,3-5H2,1-2H3,(H,14,15). The van der Waals surface area contributed by atoms with Crippen molar-refractivity contribution >= 4 is 5.97 Å². The van der Waals surface area contributed by atoms with Gasteiger partial charge in [0.1, 0.15) is 0 Å². The van der Waals surface area contributed by atoms with Gasteiger partial charge in [-0.25, -0.2) is 0 Å². The molecule has 0 fully saturated rings. The Labute approximate surface area is 100 Å². The zero-order valence-corrected chi connectivity index (χ0v) is 10.0. The smallest absolute Gasteiger partial charge is 0.303 e. The van der Waals surface area contributed by atoms with Gasteiger partial charge in [0, 0.05) is 20.3 Å². The maximum Gasteiger partial charge on any atom is 0.303 e. The van der Waals surface area contributed by atoms with Gasteiger partial charge in [-0.2, -0.15) is 0 Å². The second-order valence-electron chi connectivity index (χ2n) is 4.63. The van der Waals surface area contributed by atoms with E-state index in [0.29, 0.717) is 6.42 Å². The number of carbonyl (C=O) groups is 1. The van der Waals surface area contributed by atoms with E-state index in [1.54, 1.807) is 0 Å². The number of carboxylic acid groups (broad SMARTS) is 1. The van der Waals surface area contributed by atoms with E-state index in [4.69, 9.17) is 14.6 Å². The van der Waals surface area contributed by atoms with E-state index in [-0.39, 0.29) is 6.42 Å². The summed E-state index contributed by atoms with van der Waals surface area (Å²) in [6.07, 6.45) is 1.57. The first-order valence-corrected chi connectivity index (χ1v) is 5.69. The molecule has 2 rings (SSSR count). The topological polar surface area (TPSA) is 55.8 Å². The number of aliphatic carboxylic acids is 1. The van der Waals surface area contributed by atoms with E-state index in [0.717, 1.165) is 23.5 Å². The lowest BCUT2D eigenvalue weighted by molar-refractivity contribution is -0.137. The van der Waals surface area contributed by atoms with Crippen LogP contribution in [0.3, 0.4) is 0 Å². The predicted molar refractivity (Wildman–Crippen MR) is 62.4 cm³/mol. The highest BCUT2D eigenvalue weighted by Crippen LogP contribution is 2.39. The minimum absolute atomic E-state index is 0.194. The molecule has 0 spiro atoms. The van der Waals surface area contributed by atoms with Gasteiger partial charge in [-0.1, -0.05) is 6.07 Å². The summed E-state index contributed by atoms with van der Waals surface area (Å²) in [6, 6.07) is 5.75. The third kappa shape index (κ3) is 2.90. The van der Waals surface area contributed by atoms with Crippen LogP contribution in [0.1, 0.15) is 32.3 Å². The zero-order chi connectivity index (χ0) is 12.5. The number of hydrogen-bond acceptors (Lipinski definition) is 3. The number of rotatable bonds is 4. The molecule has 1 heterocycles. The van der Waals surface area contributed by atoms with Crippen LogP contribution in [0.2, 0.25) is 0 Å². The maximum atomic E-state index is 10.4. The third-order valence-corrected chi connectivity index (χ3v) is 2.58. The highest BCUT2D eigenvalue weighted by Gasteiger charge is 2.31. The van der Waals surface area contributed by atoms with Crippen molar-refractivity contribution in [3.63, 3.8) is 0 Å². The van der Waals surface area contributed by atoms with Crippen LogP contribution in [0.25, 0.3) is 0 Å². The molecule has 1 aromatic rings. The van der Waals surface area contributed by atoms with Crippen LogP contribution in [0.4, 0.5) is 0 Å². The van der Waals surface area contributed by atoms with E-state index in [1.165, 1.54) is 0 Å². The number of carboxylic acids is 1. The van der Waals surface area contributed by atoms with E-state index in [1.807, 2.05) is 32.0 Å². The Morgan fingerprint density at radius 2 is 2.00 bits per heavy atom. The van der Waals surface area contributed by atoms with Crippen LogP contribution in [0.5, 0.6) is 11.5 Å². The summed E-state index contributed by atoms with van der Waals surface area (Å²) in [5.41, 5.74) is 1.08. The van der Waals surface area contributed by atoms with Gasteiger partial charge < -0.3 is 14.6 Å². The Morgan fingerprint density at radius 3 is 2.71 bits per heavy atom. The van der Waals surface area contributed by atoms with Gasteiger partial charge in [0.05, 0.1) is 0 Å². The minimum atomic E-state index is -0.758. The van der Waals surface area contributed by atoms with Crippen molar-refractivity contribution in [2.24, 2.45) is 0 Å². The number of benzene rings is 1. The molecule has 0 atom stereocenters. The molecule has 1 aliphatic rings. The lowest BCUT2D eigenvalue weighted by Gasteiger charge is -2.16. The molecule has 0 unspecified atom stereocenters. The number of aryl methyl sites for hydroxylation is 1. The highest BCUT2D eigenvalue weighted by atomic mass is 16.7. The zero-order valence-electron chi connectivity index (χ0n) is 10.0. The van der Waals surface area contributed by atoms with Gasteiger partial charge in [-0.3, -0.25) is 4.79 Å². The summed E-state index contributed by atoms with van der Waals surface area (Å²) in [6.45, 7) is 3.72. The Bertz CT molecular complexity index is 437. The van der Waals surface area contributed by atoms with Gasteiger partial charge in [-0.05, 0) is 30.5 Å². The highest BCUT2D eigenvalue weighted by molar-refractivity contribution is 5.66. The third-order valence-electron chi connectivity index (χ3n) is 2.58. The average Bonchev–Trinajstić information content (AvgIpc) is 2.50. The van der Waals surface area contributed by atoms with Crippen LogP contribution in [0, 0.1) is 0 Å². The predicted octanol–water partition coefficient (Wildman–Crippen LogP) is 2.60. The fourth-order valence-corrected chi connectivity index (χ4v) is 1.87. The first kappa shape index (κ1) is 11.8. The number of ether oxygens (including phenoxy) is 2. The SMILES string of the molecule is CC1(C)Oc2ccc(CCCC(=O)O)cc2O1. The van der Waals surface area contributed by atoms with E-state index in [2.05, 4.69) is 0 Å². The summed E-state index contributed by atoms with van der Waals surface area (Å²) in [5, 5.41) is 8.57. The van der Waals surface area contributed by atoms with Gasteiger partial charge in [-0.15, -0.1) is 0 Å². The maximum absolute atomic E-state index is 10.4. The van der Waals surface area contributed by atoms with E-state index < -0.39 is 11.8 Å². The molecule has 4 heteroatoms. The van der Waals surface area contributed by atoms with Crippen molar-refractivity contribution in [2.45, 2.75) is 38.9 Å². The van der Waals surface area contributed by atoms with Crippen molar-refractivity contribution in [3.05, 3.63) is 23.8 Å². The van der Waals surface area contributed by atoms with Gasteiger partial charge >= 0.3 is 5.97 Å². The van der Waals surface area contributed by atoms with Crippen LogP contribution in [-0.4, -0.2) is 16.9 Å². The van der Waals surface area contributed by atoms with Crippen molar-refractivity contribution in [1.82, 2.24) is 0 Å². The summed E-state index contributed by atoms with van der Waals surface area (Å²) in [4.78, 5) is 10.4. The summed E-state index contributed by atoms with van der Waals surface area (Å²) in [5.74, 6) is 0.119. The van der Waals surface area contributed by atoms with Crippen LogP contribution < -0.4 is 9.47 Å². The first-order chi connectivity index (χ1) is 7.96. The molecule has 1 aromatic carbocycles. The van der Waals surface area contributed by atoms with Crippen LogP contribution in [-0.2, 0) is 11.2 Å². The molecular weight excluding hydrogens is 220 g/mol. The molecule has 0 bridgehead atoms. The normalized spacial score (nSPS) is 15.9. The Balaban J connectivity index is 2.01. The second kappa shape index (κ2) is 4.28. The Kier molecular flexibility index (Phi) is 2.96. The Morgan fingerprint density at radius 1 is 1.29 bits per heavy atom. The lowest BCUT2D eigenvalue weighted by Crippen LogP contribution is -2.29. The van der Waals surface area contributed by atoms with Gasteiger partial charge in [0.2, 0.25) is 5.79 Å². The van der Waals surface area contributed by atoms with E-state index >= 15 is 0 Å². The minimum Gasteiger partial charge on any atom is -0.481 e. The van der Waals surface area contributed by atoms with Crippen molar-refractivity contribution in [1.29, 1.82) is 0 Å². The molecule has 1 aliphatic heterocycles. The molecule has 0 saturated heterocycles. The van der Waals surface area contributed by atoms with Crippen molar-refractivity contribution < 1.29 is 19.4 Å². The molecular formula is C13H16O4.